The Morgan fingerprint density at radius 2 is 2.21 bits per heavy atom. The van der Waals surface area contributed by atoms with Crippen molar-refractivity contribution in [2.24, 2.45) is 0 Å². The van der Waals surface area contributed by atoms with Crippen LogP contribution in [0.2, 0.25) is 0 Å². The van der Waals surface area contributed by atoms with Gasteiger partial charge < -0.3 is 11.1 Å². The number of aromatic nitrogens is 4. The van der Waals surface area contributed by atoms with Gasteiger partial charge in [-0.15, -0.1) is 0 Å². The molecule has 0 aliphatic rings. The Hall–Kier alpha value is -2.96. The maximum Gasteiger partial charge on any atom is 0.277 e. The molecule has 0 unspecified atom stereocenters. The molecule has 0 aliphatic carbocycles. The average Bonchev–Trinajstić information content (AvgIpc) is 2.96. The summed E-state index contributed by atoms with van der Waals surface area (Å²) in [6, 6.07) is 7.07. The van der Waals surface area contributed by atoms with Crippen molar-refractivity contribution in [3.63, 3.8) is 0 Å². The molecule has 7 heteroatoms. The first-order valence-corrected chi connectivity index (χ1v) is 5.56. The Kier molecular flexibility index (Phi) is 2.57. The van der Waals surface area contributed by atoms with Crippen LogP contribution in [-0.4, -0.2) is 26.3 Å². The van der Waals surface area contributed by atoms with E-state index in [4.69, 9.17) is 5.73 Å². The van der Waals surface area contributed by atoms with Gasteiger partial charge in [-0.3, -0.25) is 9.78 Å². The minimum Gasteiger partial charge on any atom is -0.397 e. The zero-order valence-electron chi connectivity index (χ0n) is 9.79. The van der Waals surface area contributed by atoms with Crippen molar-refractivity contribution in [1.29, 1.82) is 0 Å². The molecular formula is C12H10N6O. The van der Waals surface area contributed by atoms with Crippen LogP contribution in [0.15, 0.2) is 36.7 Å². The number of nitrogen functional groups attached to an aromatic ring is 1. The predicted molar refractivity (Wildman–Crippen MR) is 70.5 cm³/mol. The SMILES string of the molecule is Nc1ccc(NC(=O)c2cn[nH]n2)c2cccnc12. The first kappa shape index (κ1) is 11.1. The maximum absolute atomic E-state index is 11.9. The summed E-state index contributed by atoms with van der Waals surface area (Å²) < 4.78 is 0. The molecule has 0 saturated heterocycles. The molecule has 0 spiro atoms. The van der Waals surface area contributed by atoms with Crippen molar-refractivity contribution < 1.29 is 4.79 Å². The van der Waals surface area contributed by atoms with Crippen molar-refractivity contribution in [1.82, 2.24) is 20.4 Å². The van der Waals surface area contributed by atoms with Crippen LogP contribution in [0.1, 0.15) is 10.5 Å². The molecule has 3 rings (SSSR count). The summed E-state index contributed by atoms with van der Waals surface area (Å²) >= 11 is 0. The zero-order chi connectivity index (χ0) is 13.2. The van der Waals surface area contributed by atoms with E-state index in [0.29, 0.717) is 16.9 Å². The van der Waals surface area contributed by atoms with Gasteiger partial charge in [0.05, 0.1) is 23.1 Å². The van der Waals surface area contributed by atoms with E-state index in [1.807, 2.05) is 6.07 Å². The summed E-state index contributed by atoms with van der Waals surface area (Å²) in [7, 11) is 0. The molecule has 0 aliphatic heterocycles. The minimum absolute atomic E-state index is 0.217. The third-order valence-corrected chi connectivity index (χ3v) is 2.70. The summed E-state index contributed by atoms with van der Waals surface area (Å²) in [5.74, 6) is -0.344. The summed E-state index contributed by atoms with van der Waals surface area (Å²) in [6.45, 7) is 0. The summed E-state index contributed by atoms with van der Waals surface area (Å²) in [6.07, 6.45) is 3.01. The molecule has 0 radical (unpaired) electrons. The van der Waals surface area contributed by atoms with E-state index in [1.54, 1.807) is 24.4 Å². The van der Waals surface area contributed by atoms with Crippen LogP contribution in [0.5, 0.6) is 0 Å². The largest absolute Gasteiger partial charge is 0.397 e. The van der Waals surface area contributed by atoms with Gasteiger partial charge >= 0.3 is 0 Å². The second kappa shape index (κ2) is 4.37. The monoisotopic (exact) mass is 254 g/mol. The molecule has 1 amide bonds. The molecule has 0 atom stereocenters. The zero-order valence-corrected chi connectivity index (χ0v) is 9.79. The lowest BCUT2D eigenvalue weighted by atomic mass is 10.1. The number of hydrogen-bond donors (Lipinski definition) is 3. The fourth-order valence-electron chi connectivity index (χ4n) is 1.80. The molecule has 3 aromatic rings. The van der Waals surface area contributed by atoms with Crippen LogP contribution in [0.3, 0.4) is 0 Å². The van der Waals surface area contributed by atoms with Gasteiger partial charge in [0, 0.05) is 11.6 Å². The number of hydrogen-bond acceptors (Lipinski definition) is 5. The fraction of sp³-hybridized carbons (Fsp3) is 0. The summed E-state index contributed by atoms with van der Waals surface area (Å²) in [4.78, 5) is 16.1. The molecule has 0 saturated carbocycles. The number of anilines is 2. The van der Waals surface area contributed by atoms with Gasteiger partial charge in [-0.05, 0) is 24.3 Å². The van der Waals surface area contributed by atoms with Gasteiger partial charge in [0.2, 0.25) is 0 Å². The molecular weight excluding hydrogens is 244 g/mol. The highest BCUT2D eigenvalue weighted by Gasteiger charge is 2.11. The molecule has 2 heterocycles. The quantitative estimate of drug-likeness (QED) is 0.595. The van der Waals surface area contributed by atoms with Crippen LogP contribution >= 0.6 is 0 Å². The molecule has 0 fully saturated rings. The van der Waals surface area contributed by atoms with Gasteiger partial charge in [0.1, 0.15) is 0 Å². The molecule has 4 N–H and O–H groups in total. The van der Waals surface area contributed by atoms with Gasteiger partial charge in [-0.1, -0.05) is 0 Å². The number of aromatic amines is 1. The Balaban J connectivity index is 2.02. The fourth-order valence-corrected chi connectivity index (χ4v) is 1.80. The van der Waals surface area contributed by atoms with Crippen molar-refractivity contribution >= 4 is 28.2 Å². The number of rotatable bonds is 2. The van der Waals surface area contributed by atoms with Gasteiger partial charge in [-0.2, -0.15) is 15.4 Å². The smallest absolute Gasteiger partial charge is 0.277 e. The maximum atomic E-state index is 11.9. The van der Waals surface area contributed by atoms with Gasteiger partial charge in [0.25, 0.3) is 5.91 Å². The van der Waals surface area contributed by atoms with E-state index < -0.39 is 0 Å². The number of benzene rings is 1. The van der Waals surface area contributed by atoms with Crippen molar-refractivity contribution in [3.8, 4) is 0 Å². The molecule has 1 aromatic carbocycles. The van der Waals surface area contributed by atoms with Crippen LogP contribution in [0.4, 0.5) is 11.4 Å². The van der Waals surface area contributed by atoms with Crippen molar-refractivity contribution in [2.45, 2.75) is 0 Å². The first-order chi connectivity index (χ1) is 9.25. The van der Waals surface area contributed by atoms with Crippen LogP contribution in [-0.2, 0) is 0 Å². The number of pyridine rings is 1. The molecule has 19 heavy (non-hydrogen) atoms. The van der Waals surface area contributed by atoms with E-state index in [2.05, 4.69) is 25.7 Å². The first-order valence-electron chi connectivity index (χ1n) is 5.56. The Labute approximate surface area is 107 Å². The van der Waals surface area contributed by atoms with E-state index in [1.165, 1.54) is 6.20 Å². The highest BCUT2D eigenvalue weighted by Crippen LogP contribution is 2.26. The van der Waals surface area contributed by atoms with E-state index >= 15 is 0 Å². The lowest BCUT2D eigenvalue weighted by Gasteiger charge is -2.08. The van der Waals surface area contributed by atoms with Gasteiger partial charge in [-0.25, -0.2) is 0 Å². The van der Waals surface area contributed by atoms with Crippen LogP contribution < -0.4 is 11.1 Å². The number of nitrogens with one attached hydrogen (secondary N) is 2. The normalized spacial score (nSPS) is 10.5. The third-order valence-electron chi connectivity index (χ3n) is 2.70. The number of carbonyl (C=O) groups excluding carboxylic acids is 1. The lowest BCUT2D eigenvalue weighted by molar-refractivity contribution is 0.102. The van der Waals surface area contributed by atoms with Crippen molar-refractivity contribution in [3.05, 3.63) is 42.4 Å². The minimum atomic E-state index is -0.344. The number of nitrogens with zero attached hydrogens (tertiary/aromatic N) is 3. The highest BCUT2D eigenvalue weighted by atomic mass is 16.2. The number of amides is 1. The van der Waals surface area contributed by atoms with E-state index in [9.17, 15) is 4.79 Å². The lowest BCUT2D eigenvalue weighted by Crippen LogP contribution is -2.13. The third kappa shape index (κ3) is 1.97. The standard InChI is InChI=1S/C12H10N6O/c13-8-3-4-9(7-2-1-5-14-11(7)8)16-12(19)10-6-15-18-17-10/h1-6H,13H2,(H,16,19)(H,15,17,18). The van der Waals surface area contributed by atoms with E-state index in [-0.39, 0.29) is 11.6 Å². The van der Waals surface area contributed by atoms with E-state index in [0.717, 1.165) is 5.39 Å². The predicted octanol–water partition coefficient (Wildman–Crippen LogP) is 1.19. The second-order valence-electron chi connectivity index (χ2n) is 3.91. The number of H-pyrrole nitrogens is 1. The molecule has 7 nitrogen and oxygen atoms in total. The number of fused-ring (bicyclic) bond motifs is 1. The Morgan fingerprint density at radius 1 is 1.32 bits per heavy atom. The Bertz CT molecular complexity index is 737. The molecule has 0 bridgehead atoms. The molecule has 2 aromatic heterocycles. The summed E-state index contributed by atoms with van der Waals surface area (Å²) in [5, 5.41) is 13.2. The summed E-state index contributed by atoms with van der Waals surface area (Å²) in [5.41, 5.74) is 7.91. The Morgan fingerprint density at radius 3 is 3.00 bits per heavy atom. The van der Waals surface area contributed by atoms with Crippen LogP contribution in [0, 0.1) is 0 Å². The van der Waals surface area contributed by atoms with Crippen LogP contribution in [0.25, 0.3) is 10.9 Å². The topological polar surface area (TPSA) is 110 Å². The second-order valence-corrected chi connectivity index (χ2v) is 3.91. The van der Waals surface area contributed by atoms with Crippen molar-refractivity contribution in [2.75, 3.05) is 11.1 Å². The molecule has 94 valence electrons. The average molecular weight is 254 g/mol. The van der Waals surface area contributed by atoms with Gasteiger partial charge in [0.15, 0.2) is 5.69 Å². The number of nitrogens with two attached hydrogens (primary N) is 1. The number of carbonyl (C=O) groups is 1. The highest BCUT2D eigenvalue weighted by molar-refractivity contribution is 6.09.